The summed E-state index contributed by atoms with van der Waals surface area (Å²) in [5, 5.41) is 3.60. The number of piperidine rings is 1. The van der Waals surface area contributed by atoms with Crippen LogP contribution in [0.25, 0.3) is 0 Å². The highest BCUT2D eigenvalue weighted by Crippen LogP contribution is 2.25. The fraction of sp³-hybridized carbons (Fsp3) is 0.273. The van der Waals surface area contributed by atoms with Crippen LogP contribution in [-0.2, 0) is 4.79 Å². The summed E-state index contributed by atoms with van der Waals surface area (Å²) in [7, 11) is 0. The van der Waals surface area contributed by atoms with Gasteiger partial charge in [-0.25, -0.2) is 0 Å². The number of hydrogen-bond donors (Lipinski definition) is 1. The van der Waals surface area contributed by atoms with Crippen molar-refractivity contribution in [3.8, 4) is 11.8 Å². The number of rotatable bonds is 3. The quantitative estimate of drug-likeness (QED) is 0.771. The molecule has 2 amide bonds. The maximum atomic E-state index is 12.7. The van der Waals surface area contributed by atoms with E-state index in [0.717, 1.165) is 18.4 Å². The molecule has 0 bridgehead atoms. The van der Waals surface area contributed by atoms with Gasteiger partial charge in [-0.1, -0.05) is 53.2 Å². The molecule has 1 aliphatic heterocycles. The van der Waals surface area contributed by atoms with E-state index < -0.39 is 0 Å². The highest BCUT2D eigenvalue weighted by molar-refractivity contribution is 6.42. The second-order valence-corrected chi connectivity index (χ2v) is 7.42. The van der Waals surface area contributed by atoms with Crippen LogP contribution in [-0.4, -0.2) is 36.3 Å². The minimum Gasteiger partial charge on any atom is -0.345 e. The van der Waals surface area contributed by atoms with Crippen molar-refractivity contribution in [3.05, 3.63) is 69.7 Å². The first kappa shape index (κ1) is 20.3. The molecule has 3 rings (SSSR count). The molecule has 0 aliphatic carbocycles. The number of carbonyl (C=O) groups excluding carboxylic acids is 2. The Morgan fingerprint density at radius 1 is 1.11 bits per heavy atom. The van der Waals surface area contributed by atoms with Crippen molar-refractivity contribution >= 4 is 35.0 Å². The van der Waals surface area contributed by atoms with Gasteiger partial charge in [-0.15, -0.1) is 0 Å². The average Bonchev–Trinajstić information content (AvgIpc) is 2.73. The first-order chi connectivity index (χ1) is 13.5. The Hall–Kier alpha value is -2.48. The fourth-order valence-corrected chi connectivity index (χ4v) is 3.43. The minimum absolute atomic E-state index is 0.0750. The molecule has 1 fully saturated rings. The van der Waals surface area contributed by atoms with Crippen LogP contribution in [0.2, 0.25) is 10.0 Å². The average molecular weight is 415 g/mol. The normalized spacial score (nSPS) is 16.1. The summed E-state index contributed by atoms with van der Waals surface area (Å²) in [6.07, 6.45) is 1.53. The summed E-state index contributed by atoms with van der Waals surface area (Å²) >= 11 is 11.9. The third-order valence-electron chi connectivity index (χ3n) is 4.60. The third kappa shape index (κ3) is 5.28. The van der Waals surface area contributed by atoms with Gasteiger partial charge in [0.25, 0.3) is 5.91 Å². The van der Waals surface area contributed by atoms with E-state index in [1.165, 1.54) is 0 Å². The molecular formula is C22H20Cl2N2O2. The van der Waals surface area contributed by atoms with E-state index in [-0.39, 0.29) is 24.3 Å². The molecule has 4 nitrogen and oxygen atoms in total. The van der Waals surface area contributed by atoms with Crippen molar-refractivity contribution in [2.75, 3.05) is 19.6 Å². The highest BCUT2D eigenvalue weighted by atomic mass is 35.5. The SMILES string of the molecule is O=C(NCC#Cc1ccccc1)C1CCCN(C(=O)c2ccc(Cl)c(Cl)c2)C1. The van der Waals surface area contributed by atoms with Gasteiger partial charge in [0.15, 0.2) is 0 Å². The van der Waals surface area contributed by atoms with Gasteiger partial charge >= 0.3 is 0 Å². The molecule has 6 heteroatoms. The lowest BCUT2D eigenvalue weighted by Crippen LogP contribution is -2.45. The van der Waals surface area contributed by atoms with Crippen LogP contribution in [0, 0.1) is 17.8 Å². The predicted molar refractivity (Wildman–Crippen MR) is 111 cm³/mol. The number of nitrogens with one attached hydrogen (secondary N) is 1. The van der Waals surface area contributed by atoms with Crippen molar-refractivity contribution in [1.82, 2.24) is 10.2 Å². The Balaban J connectivity index is 1.55. The first-order valence-electron chi connectivity index (χ1n) is 9.10. The number of likely N-dealkylation sites (tertiary alicyclic amines) is 1. The number of hydrogen-bond acceptors (Lipinski definition) is 2. The largest absolute Gasteiger partial charge is 0.345 e. The second kappa shape index (κ2) is 9.64. The molecule has 1 unspecified atom stereocenters. The maximum Gasteiger partial charge on any atom is 0.253 e. The van der Waals surface area contributed by atoms with E-state index in [0.29, 0.717) is 28.7 Å². The van der Waals surface area contributed by atoms with Crippen LogP contribution in [0.1, 0.15) is 28.8 Å². The predicted octanol–water partition coefficient (Wildman–Crippen LogP) is 4.01. The lowest BCUT2D eigenvalue weighted by atomic mass is 9.96. The van der Waals surface area contributed by atoms with E-state index in [9.17, 15) is 9.59 Å². The van der Waals surface area contributed by atoms with Gasteiger partial charge in [0.05, 0.1) is 22.5 Å². The zero-order valence-electron chi connectivity index (χ0n) is 15.3. The highest BCUT2D eigenvalue weighted by Gasteiger charge is 2.28. The number of amides is 2. The van der Waals surface area contributed by atoms with Crippen molar-refractivity contribution in [2.24, 2.45) is 5.92 Å². The maximum absolute atomic E-state index is 12.7. The van der Waals surface area contributed by atoms with Gasteiger partial charge in [-0.2, -0.15) is 0 Å². The van der Waals surface area contributed by atoms with Gasteiger partial charge in [0, 0.05) is 24.2 Å². The summed E-state index contributed by atoms with van der Waals surface area (Å²) in [4.78, 5) is 26.9. The number of nitrogens with zero attached hydrogens (tertiary/aromatic N) is 1. The van der Waals surface area contributed by atoms with E-state index in [2.05, 4.69) is 17.2 Å². The van der Waals surface area contributed by atoms with Crippen LogP contribution in [0.5, 0.6) is 0 Å². The monoisotopic (exact) mass is 414 g/mol. The van der Waals surface area contributed by atoms with Gasteiger partial charge < -0.3 is 10.2 Å². The number of benzene rings is 2. The van der Waals surface area contributed by atoms with Gasteiger partial charge in [-0.05, 0) is 43.2 Å². The smallest absolute Gasteiger partial charge is 0.253 e. The Morgan fingerprint density at radius 3 is 2.64 bits per heavy atom. The van der Waals surface area contributed by atoms with Crippen molar-refractivity contribution in [1.29, 1.82) is 0 Å². The zero-order valence-corrected chi connectivity index (χ0v) is 16.8. The van der Waals surface area contributed by atoms with Crippen LogP contribution < -0.4 is 5.32 Å². The van der Waals surface area contributed by atoms with E-state index in [1.807, 2.05) is 30.3 Å². The number of halogens is 2. The van der Waals surface area contributed by atoms with Gasteiger partial charge in [0.1, 0.15) is 0 Å². The van der Waals surface area contributed by atoms with Gasteiger partial charge in [-0.3, -0.25) is 9.59 Å². The lowest BCUT2D eigenvalue weighted by molar-refractivity contribution is -0.126. The Morgan fingerprint density at radius 2 is 1.89 bits per heavy atom. The zero-order chi connectivity index (χ0) is 19.9. The second-order valence-electron chi connectivity index (χ2n) is 6.60. The summed E-state index contributed by atoms with van der Waals surface area (Å²) in [5.41, 5.74) is 1.39. The van der Waals surface area contributed by atoms with Crippen LogP contribution in [0.4, 0.5) is 0 Å². The van der Waals surface area contributed by atoms with Crippen LogP contribution >= 0.6 is 23.2 Å². The molecule has 144 valence electrons. The third-order valence-corrected chi connectivity index (χ3v) is 5.34. The Kier molecular flexibility index (Phi) is 6.97. The standard InChI is InChI=1S/C22H20Cl2N2O2/c23-19-11-10-17(14-20(19)24)22(28)26-13-5-9-18(15-26)21(27)25-12-4-8-16-6-2-1-3-7-16/h1-3,6-7,10-11,14,18H,5,9,12-13,15H2,(H,25,27). The van der Waals surface area contributed by atoms with Crippen LogP contribution in [0.3, 0.4) is 0 Å². The Labute approximate surface area is 174 Å². The molecule has 1 atom stereocenters. The molecule has 1 heterocycles. The van der Waals surface area contributed by atoms with E-state index >= 15 is 0 Å². The summed E-state index contributed by atoms with van der Waals surface area (Å²) < 4.78 is 0. The van der Waals surface area contributed by atoms with Crippen molar-refractivity contribution in [3.63, 3.8) is 0 Å². The van der Waals surface area contributed by atoms with Crippen molar-refractivity contribution < 1.29 is 9.59 Å². The fourth-order valence-electron chi connectivity index (χ4n) is 3.13. The summed E-state index contributed by atoms with van der Waals surface area (Å²) in [6.45, 7) is 1.29. The summed E-state index contributed by atoms with van der Waals surface area (Å²) in [5.74, 6) is 5.51. The lowest BCUT2D eigenvalue weighted by Gasteiger charge is -2.32. The molecule has 0 saturated carbocycles. The Bertz CT molecular complexity index is 919. The molecule has 0 aromatic heterocycles. The molecular weight excluding hydrogens is 395 g/mol. The minimum atomic E-state index is -0.237. The van der Waals surface area contributed by atoms with E-state index in [1.54, 1.807) is 23.1 Å². The topological polar surface area (TPSA) is 49.4 Å². The first-order valence-corrected chi connectivity index (χ1v) is 9.86. The molecule has 2 aromatic rings. The van der Waals surface area contributed by atoms with Crippen molar-refractivity contribution in [2.45, 2.75) is 12.8 Å². The molecule has 0 spiro atoms. The molecule has 2 aromatic carbocycles. The number of carbonyl (C=O) groups is 2. The molecule has 1 saturated heterocycles. The van der Waals surface area contributed by atoms with E-state index in [4.69, 9.17) is 23.2 Å². The van der Waals surface area contributed by atoms with Gasteiger partial charge in [0.2, 0.25) is 5.91 Å². The van der Waals surface area contributed by atoms with Crippen LogP contribution in [0.15, 0.2) is 48.5 Å². The molecule has 1 aliphatic rings. The summed E-state index contributed by atoms with van der Waals surface area (Å²) in [6, 6.07) is 14.4. The molecule has 28 heavy (non-hydrogen) atoms. The molecule has 0 radical (unpaired) electrons. The molecule has 1 N–H and O–H groups in total.